The van der Waals surface area contributed by atoms with Gasteiger partial charge < -0.3 is 14.2 Å². The van der Waals surface area contributed by atoms with Crippen molar-refractivity contribution < 1.29 is 38.2 Å². The highest BCUT2D eigenvalue weighted by molar-refractivity contribution is 9.10. The number of alkyl halides is 1. The normalized spacial score (nSPS) is 30.6. The largest absolute Gasteiger partial charge is 0.494 e. The maximum Gasteiger partial charge on any atom is 0.334 e. The number of hydrogen-bond acceptors (Lipinski definition) is 8. The Morgan fingerprint density at radius 3 is 1.45 bits per heavy atom. The fourth-order valence-corrected chi connectivity index (χ4v) is 9.07. The standard InChI is InChI=1S/C33H33BrN2O8/c1-6-42-20-13-9-18(10-14-20)35-27(37)23-25(29(35)39)33(34)17(4)22(31(41)44-8-3)32(23,5)24-26(33)30(40)36(28(24)38)19-11-15-21(16-12-19)43-7-2/h9-16,23-26H,6-8H2,1-5H3/t23-,24+,25+,26-,32?,33?. The molecule has 2 bridgehead atoms. The second-order valence-electron chi connectivity index (χ2n) is 11.6. The monoisotopic (exact) mass is 664 g/mol. The zero-order chi connectivity index (χ0) is 31.7. The van der Waals surface area contributed by atoms with E-state index in [9.17, 15) is 24.0 Å². The van der Waals surface area contributed by atoms with Crippen molar-refractivity contribution in [3.05, 3.63) is 59.7 Å². The van der Waals surface area contributed by atoms with Gasteiger partial charge in [0.1, 0.15) is 11.5 Å². The van der Waals surface area contributed by atoms with E-state index in [2.05, 4.69) is 15.9 Å². The van der Waals surface area contributed by atoms with E-state index < -0.39 is 63.0 Å². The number of ether oxygens (including phenoxy) is 3. The molecule has 2 heterocycles. The number of rotatable bonds is 8. The number of carbonyl (C=O) groups excluding carboxylic acids is 5. The van der Waals surface area contributed by atoms with Crippen LogP contribution >= 0.6 is 15.9 Å². The number of esters is 1. The zero-order valence-corrected chi connectivity index (χ0v) is 26.7. The maximum absolute atomic E-state index is 14.4. The SMILES string of the molecule is CCOC(=O)C1=C(C)C2(Br)[C@@H]3C(=O)N(c4ccc(OCC)cc4)C(=O)[C@@H]3C1(C)[C@@H]1C(=O)N(c3ccc(OCC)cc3)C(=O)[C@@H]12. The van der Waals surface area contributed by atoms with Crippen LogP contribution in [0, 0.1) is 29.1 Å². The summed E-state index contributed by atoms with van der Waals surface area (Å²) in [4.78, 5) is 73.4. The molecule has 2 aromatic rings. The fourth-order valence-electron chi connectivity index (χ4n) is 7.96. The molecule has 3 aliphatic carbocycles. The van der Waals surface area contributed by atoms with Gasteiger partial charge in [-0.15, -0.1) is 0 Å². The first-order chi connectivity index (χ1) is 21.0. The summed E-state index contributed by atoms with van der Waals surface area (Å²) in [5, 5.41) is 0. The third-order valence-corrected chi connectivity index (χ3v) is 11.2. The van der Waals surface area contributed by atoms with Gasteiger partial charge in [-0.1, -0.05) is 22.9 Å². The first-order valence-electron chi connectivity index (χ1n) is 14.8. The lowest BCUT2D eigenvalue weighted by atomic mass is 9.43. The quantitative estimate of drug-likeness (QED) is 0.231. The minimum Gasteiger partial charge on any atom is -0.494 e. The molecule has 2 saturated heterocycles. The van der Waals surface area contributed by atoms with E-state index in [0.717, 1.165) is 9.80 Å². The van der Waals surface area contributed by atoms with Crippen LogP contribution in [0.5, 0.6) is 11.5 Å². The van der Waals surface area contributed by atoms with E-state index in [1.807, 2.05) is 13.8 Å². The Labute approximate surface area is 263 Å². The van der Waals surface area contributed by atoms with Crippen LogP contribution in [0.25, 0.3) is 0 Å². The second-order valence-corrected chi connectivity index (χ2v) is 12.9. The number of nitrogens with zero attached hydrogens (tertiary/aromatic N) is 2. The molecule has 0 N–H and O–H groups in total. The molecule has 230 valence electrons. The van der Waals surface area contributed by atoms with Crippen molar-refractivity contribution in [3.8, 4) is 11.5 Å². The first kappa shape index (κ1) is 30.1. The lowest BCUT2D eigenvalue weighted by Crippen LogP contribution is -2.67. The molecule has 4 amide bonds. The Bertz CT molecular complexity index is 1520. The number of allylic oxidation sites excluding steroid dienone is 1. The molecule has 0 spiro atoms. The van der Waals surface area contributed by atoms with E-state index in [0.29, 0.717) is 41.7 Å². The number of amides is 4. The summed E-state index contributed by atoms with van der Waals surface area (Å²) in [6.07, 6.45) is 0. The van der Waals surface area contributed by atoms with E-state index in [1.54, 1.807) is 69.3 Å². The molecule has 7 rings (SSSR count). The molecule has 10 nitrogen and oxygen atoms in total. The van der Waals surface area contributed by atoms with Crippen LogP contribution in [0.4, 0.5) is 11.4 Å². The van der Waals surface area contributed by atoms with Crippen molar-refractivity contribution in [1.82, 2.24) is 0 Å². The Morgan fingerprint density at radius 2 is 1.09 bits per heavy atom. The van der Waals surface area contributed by atoms with E-state index in [-0.39, 0.29) is 12.2 Å². The van der Waals surface area contributed by atoms with Crippen LogP contribution in [0.1, 0.15) is 34.6 Å². The Morgan fingerprint density at radius 1 is 0.705 bits per heavy atom. The summed E-state index contributed by atoms with van der Waals surface area (Å²) in [6.45, 7) is 9.69. The number of hydrogen-bond donors (Lipinski definition) is 0. The molecule has 3 fully saturated rings. The second kappa shape index (κ2) is 10.6. The zero-order valence-electron chi connectivity index (χ0n) is 25.1. The highest BCUT2D eigenvalue weighted by Crippen LogP contribution is 2.72. The Balaban J connectivity index is 1.51. The highest BCUT2D eigenvalue weighted by Gasteiger charge is 2.81. The third kappa shape index (κ3) is 3.80. The minimum absolute atomic E-state index is 0.0690. The van der Waals surface area contributed by atoms with Crippen molar-refractivity contribution in [3.63, 3.8) is 0 Å². The van der Waals surface area contributed by atoms with E-state index in [4.69, 9.17) is 14.2 Å². The fraction of sp³-hybridized carbons (Fsp3) is 0.424. The predicted molar refractivity (Wildman–Crippen MR) is 163 cm³/mol. The molecule has 11 heteroatoms. The van der Waals surface area contributed by atoms with Gasteiger partial charge in [-0.3, -0.25) is 19.2 Å². The Kier molecular flexibility index (Phi) is 7.22. The average molecular weight is 666 g/mol. The predicted octanol–water partition coefficient (Wildman–Crippen LogP) is 4.44. The van der Waals surface area contributed by atoms with Gasteiger partial charge in [-0.05, 0) is 81.8 Å². The van der Waals surface area contributed by atoms with Crippen LogP contribution < -0.4 is 19.3 Å². The van der Waals surface area contributed by atoms with Gasteiger partial charge in [-0.2, -0.15) is 0 Å². The van der Waals surface area contributed by atoms with Crippen molar-refractivity contribution >= 4 is 56.9 Å². The summed E-state index contributed by atoms with van der Waals surface area (Å²) < 4.78 is 15.0. The average Bonchev–Trinajstić information content (AvgIpc) is 3.43. The van der Waals surface area contributed by atoms with Crippen molar-refractivity contribution in [2.45, 2.75) is 38.9 Å². The highest BCUT2D eigenvalue weighted by atomic mass is 79.9. The lowest BCUT2D eigenvalue weighted by molar-refractivity contribution is -0.152. The van der Waals surface area contributed by atoms with Crippen LogP contribution in [-0.2, 0) is 28.7 Å². The molecule has 44 heavy (non-hydrogen) atoms. The summed E-state index contributed by atoms with van der Waals surface area (Å²) in [5.41, 5.74) is -0.258. The number of benzene rings is 2. The topological polar surface area (TPSA) is 120 Å². The smallest absolute Gasteiger partial charge is 0.334 e. The van der Waals surface area contributed by atoms with Gasteiger partial charge in [0.2, 0.25) is 23.6 Å². The number of halogens is 1. The molecule has 6 atom stereocenters. The molecule has 0 aromatic heterocycles. The van der Waals surface area contributed by atoms with Gasteiger partial charge in [-0.25, -0.2) is 14.6 Å². The number of imide groups is 2. The van der Waals surface area contributed by atoms with Crippen LogP contribution in [0.2, 0.25) is 0 Å². The van der Waals surface area contributed by atoms with Crippen molar-refractivity contribution in [2.75, 3.05) is 29.6 Å². The van der Waals surface area contributed by atoms with Crippen molar-refractivity contribution in [2.24, 2.45) is 29.1 Å². The number of anilines is 2. The van der Waals surface area contributed by atoms with Gasteiger partial charge in [0, 0.05) is 11.0 Å². The van der Waals surface area contributed by atoms with Crippen LogP contribution in [0.15, 0.2) is 59.7 Å². The van der Waals surface area contributed by atoms with Crippen molar-refractivity contribution in [1.29, 1.82) is 0 Å². The minimum atomic E-state index is -1.51. The molecule has 2 unspecified atom stereocenters. The summed E-state index contributed by atoms with van der Waals surface area (Å²) in [6, 6.07) is 13.2. The number of carbonyl (C=O) groups is 5. The van der Waals surface area contributed by atoms with Gasteiger partial charge in [0.15, 0.2) is 0 Å². The lowest BCUT2D eigenvalue weighted by Gasteiger charge is -2.59. The Hall–Kier alpha value is -3.99. The molecular formula is C33H33BrN2O8. The summed E-state index contributed by atoms with van der Waals surface area (Å²) in [5.74, 6) is -5.92. The molecule has 0 radical (unpaired) electrons. The van der Waals surface area contributed by atoms with E-state index >= 15 is 0 Å². The van der Waals surface area contributed by atoms with Crippen LogP contribution in [0.3, 0.4) is 0 Å². The van der Waals surface area contributed by atoms with Gasteiger partial charge >= 0.3 is 5.97 Å². The third-order valence-electron chi connectivity index (χ3n) is 9.59. The molecular weight excluding hydrogens is 632 g/mol. The van der Waals surface area contributed by atoms with Crippen LogP contribution in [-0.4, -0.2) is 53.7 Å². The molecule has 2 aliphatic heterocycles. The van der Waals surface area contributed by atoms with Gasteiger partial charge in [0.05, 0.1) is 59.2 Å². The summed E-state index contributed by atoms with van der Waals surface area (Å²) >= 11 is 3.79. The molecule has 1 saturated carbocycles. The maximum atomic E-state index is 14.4. The van der Waals surface area contributed by atoms with Gasteiger partial charge in [0.25, 0.3) is 0 Å². The van der Waals surface area contributed by atoms with E-state index in [1.165, 1.54) is 0 Å². The molecule has 2 aromatic carbocycles. The summed E-state index contributed by atoms with van der Waals surface area (Å²) in [7, 11) is 0. The molecule has 5 aliphatic rings. The first-order valence-corrected chi connectivity index (χ1v) is 15.6.